The van der Waals surface area contributed by atoms with Gasteiger partial charge in [-0.2, -0.15) is 5.26 Å². The number of nitrogens with zero attached hydrogens (tertiary/aromatic N) is 1. The number of Topliss-reactive ketones (excluding diaryl/α,β-unsaturated/α-hetero) is 1. The van der Waals surface area contributed by atoms with Crippen LogP contribution < -0.4 is 5.32 Å². The number of hydrogen-bond acceptors (Lipinski definition) is 3. The summed E-state index contributed by atoms with van der Waals surface area (Å²) in [5, 5.41) is 11.3. The highest BCUT2D eigenvalue weighted by molar-refractivity contribution is 6.03. The number of rotatable bonds is 4. The Morgan fingerprint density at radius 3 is 2.53 bits per heavy atom. The normalized spacial score (nSPS) is 27.1. The van der Waals surface area contributed by atoms with Gasteiger partial charge < -0.3 is 5.32 Å². The maximum Gasteiger partial charge on any atom is 0.244 e. The van der Waals surface area contributed by atoms with E-state index in [0.29, 0.717) is 18.3 Å². The maximum absolute atomic E-state index is 12.1. The van der Waals surface area contributed by atoms with Crippen LogP contribution in [0.3, 0.4) is 0 Å². The molecule has 0 aromatic carbocycles. The van der Waals surface area contributed by atoms with E-state index in [1.165, 1.54) is 13.5 Å². The van der Waals surface area contributed by atoms with Crippen molar-refractivity contribution in [3.8, 4) is 6.07 Å². The molecule has 0 saturated heterocycles. The molecule has 4 heteroatoms. The minimum Gasteiger partial charge on any atom is -0.358 e. The van der Waals surface area contributed by atoms with Crippen LogP contribution in [0.1, 0.15) is 46.5 Å². The van der Waals surface area contributed by atoms with Crippen molar-refractivity contribution >= 4 is 11.7 Å². The lowest BCUT2D eigenvalue weighted by molar-refractivity contribution is -0.132. The van der Waals surface area contributed by atoms with Gasteiger partial charge >= 0.3 is 0 Å². The summed E-state index contributed by atoms with van der Waals surface area (Å²) in [5.74, 6) is -0.980. The zero-order chi connectivity index (χ0) is 14.6. The summed E-state index contributed by atoms with van der Waals surface area (Å²) in [6.07, 6.45) is 3.53. The molecule has 1 N–H and O–H groups in total. The van der Waals surface area contributed by atoms with Gasteiger partial charge in [0.15, 0.2) is 11.7 Å². The molecule has 1 saturated carbocycles. The van der Waals surface area contributed by atoms with Gasteiger partial charge in [0, 0.05) is 13.5 Å². The van der Waals surface area contributed by atoms with Crippen molar-refractivity contribution in [3.63, 3.8) is 0 Å². The largest absolute Gasteiger partial charge is 0.358 e. The Morgan fingerprint density at radius 1 is 1.42 bits per heavy atom. The third kappa shape index (κ3) is 4.34. The molecule has 0 unspecified atom stereocenters. The summed E-state index contributed by atoms with van der Waals surface area (Å²) >= 11 is 0. The van der Waals surface area contributed by atoms with Crippen molar-refractivity contribution in [1.82, 2.24) is 5.32 Å². The van der Waals surface area contributed by atoms with Crippen molar-refractivity contribution in [2.45, 2.75) is 46.5 Å². The topological polar surface area (TPSA) is 70.0 Å². The van der Waals surface area contributed by atoms with Crippen LogP contribution in [0.15, 0.2) is 0 Å². The Morgan fingerprint density at radius 2 is 2.05 bits per heavy atom. The first-order valence-electron chi connectivity index (χ1n) is 6.93. The van der Waals surface area contributed by atoms with Gasteiger partial charge in [-0.15, -0.1) is 0 Å². The molecule has 0 heterocycles. The molecule has 0 aliphatic heterocycles. The molecule has 3 atom stereocenters. The van der Waals surface area contributed by atoms with E-state index in [9.17, 15) is 9.59 Å². The highest BCUT2D eigenvalue weighted by atomic mass is 16.2. The number of nitriles is 1. The Balaban J connectivity index is 2.66. The average molecular weight is 264 g/mol. The van der Waals surface area contributed by atoms with Crippen LogP contribution in [0.25, 0.3) is 0 Å². The van der Waals surface area contributed by atoms with Crippen molar-refractivity contribution in [3.05, 3.63) is 0 Å². The molecule has 1 rings (SSSR count). The number of nitrogens with one attached hydrogen (secondary N) is 1. The molecule has 0 radical (unpaired) electrons. The fourth-order valence-electron chi connectivity index (χ4n) is 3.52. The van der Waals surface area contributed by atoms with Crippen molar-refractivity contribution in [2.75, 3.05) is 7.05 Å². The predicted molar refractivity (Wildman–Crippen MR) is 73.1 cm³/mol. The lowest BCUT2D eigenvalue weighted by atomic mass is 9.66. The van der Waals surface area contributed by atoms with Gasteiger partial charge in [-0.25, -0.2) is 0 Å². The van der Waals surface area contributed by atoms with Gasteiger partial charge in [0.05, 0.1) is 6.07 Å². The molecular weight excluding hydrogens is 240 g/mol. The molecule has 0 aromatic rings. The number of amides is 1. The molecule has 0 spiro atoms. The van der Waals surface area contributed by atoms with E-state index < -0.39 is 11.8 Å². The Hall–Kier alpha value is -1.37. The van der Waals surface area contributed by atoms with E-state index in [-0.39, 0.29) is 11.2 Å². The fraction of sp³-hybridized carbons (Fsp3) is 0.800. The monoisotopic (exact) mass is 264 g/mol. The number of carbonyl (C=O) groups excluding carboxylic acids is 2. The Labute approximate surface area is 115 Å². The molecule has 4 nitrogen and oxygen atoms in total. The summed E-state index contributed by atoms with van der Waals surface area (Å²) < 4.78 is 0. The van der Waals surface area contributed by atoms with E-state index >= 15 is 0 Å². The summed E-state index contributed by atoms with van der Waals surface area (Å²) in [4.78, 5) is 23.5. The minimum absolute atomic E-state index is 0.239. The maximum atomic E-state index is 12.1. The Bertz CT molecular complexity index is 395. The quantitative estimate of drug-likeness (QED) is 0.792. The van der Waals surface area contributed by atoms with Gasteiger partial charge in [-0.3, -0.25) is 9.59 Å². The van der Waals surface area contributed by atoms with Crippen molar-refractivity contribution < 1.29 is 9.59 Å². The van der Waals surface area contributed by atoms with Gasteiger partial charge in [0.2, 0.25) is 5.91 Å². The first-order valence-corrected chi connectivity index (χ1v) is 6.93. The van der Waals surface area contributed by atoms with Gasteiger partial charge in [-0.1, -0.05) is 20.8 Å². The van der Waals surface area contributed by atoms with Crippen LogP contribution in [-0.4, -0.2) is 18.7 Å². The molecule has 0 bridgehead atoms. The smallest absolute Gasteiger partial charge is 0.244 e. The first-order chi connectivity index (χ1) is 8.79. The van der Waals surface area contributed by atoms with Crippen LogP contribution in [0.4, 0.5) is 0 Å². The highest BCUT2D eigenvalue weighted by Gasteiger charge is 2.35. The van der Waals surface area contributed by atoms with E-state index in [4.69, 9.17) is 5.26 Å². The van der Waals surface area contributed by atoms with E-state index in [1.54, 1.807) is 0 Å². The average Bonchev–Trinajstić information content (AvgIpc) is 2.26. The van der Waals surface area contributed by atoms with Crippen LogP contribution >= 0.6 is 0 Å². The Kier molecular flexibility index (Phi) is 5.11. The molecular formula is C15H24N2O2. The predicted octanol–water partition coefficient (Wildman–Crippen LogP) is 2.29. The van der Waals surface area contributed by atoms with Crippen LogP contribution in [-0.2, 0) is 9.59 Å². The molecule has 1 aliphatic carbocycles. The molecule has 19 heavy (non-hydrogen) atoms. The van der Waals surface area contributed by atoms with E-state index in [1.807, 2.05) is 6.07 Å². The third-order valence-corrected chi connectivity index (χ3v) is 3.93. The molecule has 0 aromatic heterocycles. The van der Waals surface area contributed by atoms with Crippen molar-refractivity contribution in [1.29, 1.82) is 5.26 Å². The molecule has 1 aliphatic rings. The second kappa shape index (κ2) is 6.18. The minimum atomic E-state index is -1.15. The summed E-state index contributed by atoms with van der Waals surface area (Å²) in [6.45, 7) is 6.65. The van der Waals surface area contributed by atoms with E-state index in [2.05, 4.69) is 26.1 Å². The van der Waals surface area contributed by atoms with Gasteiger partial charge in [-0.05, 0) is 36.5 Å². The number of ketones is 1. The molecule has 1 fully saturated rings. The third-order valence-electron chi connectivity index (χ3n) is 3.93. The van der Waals surface area contributed by atoms with Crippen LogP contribution in [0.2, 0.25) is 0 Å². The second-order valence-corrected chi connectivity index (χ2v) is 6.63. The molecule has 106 valence electrons. The lowest BCUT2D eigenvalue weighted by Crippen LogP contribution is -2.35. The van der Waals surface area contributed by atoms with E-state index in [0.717, 1.165) is 12.8 Å². The standard InChI is InChI=1S/C15H24N2O2/c1-10-5-11(8-15(2,3)7-10)6-13(18)12(9-16)14(19)17-4/h10-12H,5-8H2,1-4H3,(H,17,19)/t10-,11+,12-/m1/s1. The summed E-state index contributed by atoms with van der Waals surface area (Å²) in [6, 6.07) is 1.81. The van der Waals surface area contributed by atoms with Gasteiger partial charge in [0.1, 0.15) is 0 Å². The lowest BCUT2D eigenvalue weighted by Gasteiger charge is -2.39. The first kappa shape index (κ1) is 15.7. The SMILES string of the molecule is CNC(=O)[C@H](C#N)C(=O)C[C@@H]1C[C@@H](C)CC(C)(C)C1. The van der Waals surface area contributed by atoms with Crippen LogP contribution in [0, 0.1) is 34.5 Å². The van der Waals surface area contributed by atoms with Crippen LogP contribution in [0.5, 0.6) is 0 Å². The molecule has 1 amide bonds. The second-order valence-electron chi connectivity index (χ2n) is 6.63. The summed E-state index contributed by atoms with van der Waals surface area (Å²) in [7, 11) is 1.45. The zero-order valence-electron chi connectivity index (χ0n) is 12.3. The number of carbonyl (C=O) groups is 2. The van der Waals surface area contributed by atoms with Gasteiger partial charge in [0.25, 0.3) is 0 Å². The summed E-state index contributed by atoms with van der Waals surface area (Å²) in [5.41, 5.74) is 0.248. The van der Waals surface area contributed by atoms with Crippen molar-refractivity contribution in [2.24, 2.45) is 23.2 Å². The fourth-order valence-corrected chi connectivity index (χ4v) is 3.52. The number of hydrogen-bond donors (Lipinski definition) is 1. The highest BCUT2D eigenvalue weighted by Crippen LogP contribution is 2.43. The zero-order valence-corrected chi connectivity index (χ0v) is 12.3.